The third-order valence-corrected chi connectivity index (χ3v) is 6.63. The number of hydrogen-bond acceptors (Lipinski definition) is 3. The topological polar surface area (TPSA) is 49.4 Å². The third-order valence-electron chi connectivity index (χ3n) is 5.25. The van der Waals surface area contributed by atoms with E-state index in [2.05, 4.69) is 5.32 Å². The second-order valence-electron chi connectivity index (χ2n) is 7.62. The van der Waals surface area contributed by atoms with E-state index >= 15 is 0 Å². The number of likely N-dealkylation sites (N-methyl/N-ethyl adjacent to an activating group) is 1. The van der Waals surface area contributed by atoms with Crippen molar-refractivity contribution in [2.75, 3.05) is 12.3 Å². The molecule has 2 amide bonds. The van der Waals surface area contributed by atoms with E-state index in [1.54, 1.807) is 16.7 Å². The van der Waals surface area contributed by atoms with Gasteiger partial charge in [-0.2, -0.15) is 0 Å². The Morgan fingerprint density at radius 2 is 1.58 bits per heavy atom. The largest absolute Gasteiger partial charge is 0.355 e. The van der Waals surface area contributed by atoms with Crippen LogP contribution in [-0.2, 0) is 22.6 Å². The minimum atomic E-state index is -0.627. The molecular weight excluding hydrogens is 452 g/mol. The lowest BCUT2D eigenvalue weighted by Gasteiger charge is -2.31. The Labute approximate surface area is 205 Å². The van der Waals surface area contributed by atoms with Crippen molar-refractivity contribution in [2.24, 2.45) is 0 Å². The second kappa shape index (κ2) is 13.1. The lowest BCUT2D eigenvalue weighted by Crippen LogP contribution is -2.50. The Bertz CT molecular complexity index is 1030. The maximum atomic E-state index is 13.5. The van der Waals surface area contributed by atoms with Crippen molar-refractivity contribution in [3.05, 3.63) is 101 Å². The summed E-state index contributed by atoms with van der Waals surface area (Å²) < 4.78 is 0. The summed E-state index contributed by atoms with van der Waals surface area (Å²) in [6.07, 6.45) is 0.767. The number of benzene rings is 3. The molecule has 0 unspecified atom stereocenters. The molecule has 1 N–H and O–H groups in total. The third kappa shape index (κ3) is 7.65. The summed E-state index contributed by atoms with van der Waals surface area (Å²) in [7, 11) is 0. The maximum Gasteiger partial charge on any atom is 0.243 e. The average Bonchev–Trinajstić information content (AvgIpc) is 2.84. The van der Waals surface area contributed by atoms with Gasteiger partial charge in [-0.3, -0.25) is 9.59 Å². The Hall–Kier alpha value is -2.76. The number of nitrogens with one attached hydrogen (secondary N) is 1. The van der Waals surface area contributed by atoms with Gasteiger partial charge in [-0.1, -0.05) is 78.3 Å². The van der Waals surface area contributed by atoms with Crippen LogP contribution in [0, 0.1) is 0 Å². The fourth-order valence-electron chi connectivity index (χ4n) is 3.57. The highest BCUT2D eigenvalue weighted by Crippen LogP contribution is 2.23. The number of nitrogens with zero attached hydrogens (tertiary/aromatic N) is 1. The number of thioether (sulfide) groups is 1. The monoisotopic (exact) mass is 480 g/mol. The number of carbonyl (C=O) groups is 2. The molecule has 172 valence electrons. The molecule has 0 saturated carbocycles. The van der Waals surface area contributed by atoms with Gasteiger partial charge in [0, 0.05) is 41.6 Å². The van der Waals surface area contributed by atoms with Crippen molar-refractivity contribution >= 4 is 35.2 Å². The summed E-state index contributed by atoms with van der Waals surface area (Å²) in [4.78, 5) is 29.4. The Morgan fingerprint density at radius 3 is 2.24 bits per heavy atom. The first kappa shape index (κ1) is 24.9. The smallest absolute Gasteiger partial charge is 0.243 e. The van der Waals surface area contributed by atoms with Crippen molar-refractivity contribution in [3.8, 4) is 0 Å². The van der Waals surface area contributed by atoms with Gasteiger partial charge >= 0.3 is 0 Å². The molecule has 3 rings (SSSR count). The molecule has 0 aliphatic rings. The molecule has 0 aliphatic heterocycles. The zero-order valence-electron chi connectivity index (χ0n) is 18.7. The van der Waals surface area contributed by atoms with Crippen LogP contribution in [0.4, 0.5) is 0 Å². The maximum absolute atomic E-state index is 13.5. The number of carbonyl (C=O) groups excluding carboxylic acids is 2. The van der Waals surface area contributed by atoms with Crippen LogP contribution in [0.1, 0.15) is 24.5 Å². The molecule has 6 heteroatoms. The molecule has 33 heavy (non-hydrogen) atoms. The molecule has 0 bridgehead atoms. The van der Waals surface area contributed by atoms with Crippen LogP contribution in [0.5, 0.6) is 0 Å². The molecule has 0 aromatic heterocycles. The van der Waals surface area contributed by atoms with Gasteiger partial charge in [0.25, 0.3) is 0 Å². The zero-order chi connectivity index (χ0) is 23.5. The van der Waals surface area contributed by atoms with Crippen molar-refractivity contribution in [2.45, 2.75) is 37.2 Å². The van der Waals surface area contributed by atoms with E-state index in [1.807, 2.05) is 91.9 Å². The minimum Gasteiger partial charge on any atom is -0.355 e. The van der Waals surface area contributed by atoms with Gasteiger partial charge < -0.3 is 10.2 Å². The number of halogens is 1. The summed E-state index contributed by atoms with van der Waals surface area (Å²) in [5, 5.41) is 3.50. The molecule has 3 aromatic carbocycles. The van der Waals surface area contributed by atoms with Gasteiger partial charge in [-0.15, -0.1) is 11.8 Å². The Balaban J connectivity index is 1.84. The second-order valence-corrected chi connectivity index (χ2v) is 9.20. The van der Waals surface area contributed by atoms with Gasteiger partial charge in [-0.25, -0.2) is 0 Å². The van der Waals surface area contributed by atoms with Gasteiger partial charge in [0.2, 0.25) is 11.8 Å². The van der Waals surface area contributed by atoms with E-state index in [9.17, 15) is 9.59 Å². The average molecular weight is 481 g/mol. The molecule has 0 radical (unpaired) electrons. The molecular formula is C27H29ClN2O2S. The predicted molar refractivity (Wildman–Crippen MR) is 136 cm³/mol. The molecule has 1 atom stereocenters. The highest BCUT2D eigenvalue weighted by molar-refractivity contribution is 7.99. The first-order valence-corrected chi connectivity index (χ1v) is 12.5. The fraction of sp³-hybridized carbons (Fsp3) is 0.259. The fourth-order valence-corrected chi connectivity index (χ4v) is 4.63. The summed E-state index contributed by atoms with van der Waals surface area (Å²) in [6.45, 7) is 2.67. The zero-order valence-corrected chi connectivity index (χ0v) is 20.3. The first-order valence-electron chi connectivity index (χ1n) is 11.1. The number of hydrogen-bond donors (Lipinski definition) is 1. The summed E-state index contributed by atoms with van der Waals surface area (Å²) in [5.41, 5.74) is 1.83. The van der Waals surface area contributed by atoms with Crippen LogP contribution in [0.25, 0.3) is 0 Å². The Kier molecular flexibility index (Phi) is 9.85. The van der Waals surface area contributed by atoms with Crippen LogP contribution in [0.2, 0.25) is 5.02 Å². The SMILES string of the molecule is CCNC(=O)[C@@H](Cc1ccccc1)N(Cc1ccccc1Cl)C(=O)CCSc1ccccc1. The van der Waals surface area contributed by atoms with Crippen LogP contribution in [0.3, 0.4) is 0 Å². The lowest BCUT2D eigenvalue weighted by atomic mass is 10.0. The van der Waals surface area contributed by atoms with E-state index in [0.29, 0.717) is 30.2 Å². The minimum absolute atomic E-state index is 0.0643. The van der Waals surface area contributed by atoms with Crippen LogP contribution < -0.4 is 5.32 Å². The van der Waals surface area contributed by atoms with Gasteiger partial charge in [0.1, 0.15) is 6.04 Å². The highest BCUT2D eigenvalue weighted by atomic mass is 35.5. The molecule has 3 aromatic rings. The van der Waals surface area contributed by atoms with Crippen molar-refractivity contribution in [1.29, 1.82) is 0 Å². The predicted octanol–water partition coefficient (Wildman–Crippen LogP) is 5.60. The number of amides is 2. The molecule has 0 aliphatic carbocycles. The molecule has 0 spiro atoms. The van der Waals surface area contributed by atoms with E-state index in [0.717, 1.165) is 16.0 Å². The Morgan fingerprint density at radius 1 is 0.939 bits per heavy atom. The summed E-state index contributed by atoms with van der Waals surface area (Å²) >= 11 is 8.06. The van der Waals surface area contributed by atoms with Crippen LogP contribution in [0.15, 0.2) is 89.8 Å². The van der Waals surface area contributed by atoms with E-state index in [4.69, 9.17) is 11.6 Å². The normalized spacial score (nSPS) is 11.6. The number of rotatable bonds is 11. The van der Waals surface area contributed by atoms with Crippen molar-refractivity contribution in [1.82, 2.24) is 10.2 Å². The van der Waals surface area contributed by atoms with E-state index < -0.39 is 6.04 Å². The lowest BCUT2D eigenvalue weighted by molar-refractivity contribution is -0.140. The van der Waals surface area contributed by atoms with E-state index in [1.165, 1.54) is 0 Å². The summed E-state index contributed by atoms with van der Waals surface area (Å²) in [5.74, 6) is 0.415. The van der Waals surface area contributed by atoms with Gasteiger partial charge in [0.15, 0.2) is 0 Å². The van der Waals surface area contributed by atoms with E-state index in [-0.39, 0.29) is 18.4 Å². The van der Waals surface area contributed by atoms with Gasteiger partial charge in [-0.05, 0) is 36.2 Å². The highest BCUT2D eigenvalue weighted by Gasteiger charge is 2.30. The van der Waals surface area contributed by atoms with Crippen LogP contribution in [-0.4, -0.2) is 35.1 Å². The molecule has 0 heterocycles. The van der Waals surface area contributed by atoms with Crippen LogP contribution >= 0.6 is 23.4 Å². The quantitative estimate of drug-likeness (QED) is 0.363. The van der Waals surface area contributed by atoms with Crippen molar-refractivity contribution < 1.29 is 9.59 Å². The first-order chi connectivity index (χ1) is 16.1. The molecule has 4 nitrogen and oxygen atoms in total. The van der Waals surface area contributed by atoms with Gasteiger partial charge in [0.05, 0.1) is 0 Å². The van der Waals surface area contributed by atoms with Crippen molar-refractivity contribution in [3.63, 3.8) is 0 Å². The molecule has 0 fully saturated rings. The summed E-state index contributed by atoms with van der Waals surface area (Å²) in [6, 6.07) is 26.6. The standard InChI is InChI=1S/C27H29ClN2O2S/c1-2-29-27(32)25(19-21-11-5-3-6-12-21)30(20-22-13-9-10-16-24(22)28)26(31)17-18-33-23-14-7-4-8-15-23/h3-16,25H,2,17-20H2,1H3,(H,29,32)/t25-/m1/s1. The molecule has 0 saturated heterocycles.